The Morgan fingerprint density at radius 1 is 1.67 bits per heavy atom. The number of Topliss-reactive ketones (excluding diaryl/α,β-unsaturated/α-hetero) is 2. The van der Waals surface area contributed by atoms with Crippen LogP contribution >= 0.6 is 0 Å². The van der Waals surface area contributed by atoms with Crippen molar-refractivity contribution in [2.45, 2.75) is 13.3 Å². The van der Waals surface area contributed by atoms with Gasteiger partial charge >= 0.3 is 18.9 Å². The molecule has 0 aliphatic carbocycles. The van der Waals surface area contributed by atoms with Gasteiger partial charge in [-0.05, 0) is 0 Å². The summed E-state index contributed by atoms with van der Waals surface area (Å²) in [5.74, 6) is -0.773. The number of ketones is 2. The molecule has 0 atom stereocenters. The number of carbonyl (C=O) groups excluding carboxylic acids is 2. The van der Waals surface area contributed by atoms with Crippen LogP contribution in [0.4, 0.5) is 0 Å². The summed E-state index contributed by atoms with van der Waals surface area (Å²) in [4.78, 5) is 20.5. The van der Waals surface area contributed by atoms with Crippen LogP contribution in [0, 0.1) is 0 Å². The fourth-order valence-electron chi connectivity index (χ4n) is 0.275. The van der Waals surface area contributed by atoms with E-state index in [2.05, 4.69) is 6.58 Å². The van der Waals surface area contributed by atoms with E-state index >= 15 is 0 Å². The van der Waals surface area contributed by atoms with Crippen LogP contribution in [0.25, 0.3) is 0 Å². The minimum Gasteiger partial charge on any atom is -1.00 e. The molecule has 0 N–H and O–H groups in total. The normalized spacial score (nSPS) is 7.22. The van der Waals surface area contributed by atoms with Crippen LogP contribution in [0.3, 0.4) is 0 Å². The first-order valence-electron chi connectivity index (χ1n) is 2.33. The minimum absolute atomic E-state index is 0. The molecule has 2 nitrogen and oxygen atoms in total. The van der Waals surface area contributed by atoms with Gasteiger partial charge in [-0.25, -0.2) is 0 Å². The van der Waals surface area contributed by atoms with Gasteiger partial charge in [0.05, 0.1) is 0 Å². The Morgan fingerprint density at radius 3 is 2.22 bits per heavy atom. The molecule has 0 fully saturated rings. The van der Waals surface area contributed by atoms with Crippen molar-refractivity contribution in [3.63, 3.8) is 0 Å². The van der Waals surface area contributed by atoms with Crippen LogP contribution in [-0.4, -0.2) is 11.6 Å². The molecule has 0 aromatic rings. The number of carbonyl (C=O) groups is 2. The molecule has 0 unspecified atom stereocenters. The zero-order valence-electron chi connectivity index (χ0n) is 6.81. The molecule has 0 aromatic carbocycles. The Labute approximate surface area is 68.0 Å². The molecule has 46 valence electrons. The number of hydrogen-bond acceptors (Lipinski definition) is 2. The van der Waals surface area contributed by atoms with E-state index in [9.17, 15) is 9.59 Å². The van der Waals surface area contributed by atoms with Gasteiger partial charge in [0.1, 0.15) is 0 Å². The predicted molar refractivity (Wildman–Crippen MR) is 31.6 cm³/mol. The molecule has 0 radical (unpaired) electrons. The third kappa shape index (κ3) is 5.55. The van der Waals surface area contributed by atoms with E-state index in [1.165, 1.54) is 13.0 Å². The van der Waals surface area contributed by atoms with Gasteiger partial charge in [0.2, 0.25) is 5.78 Å². The van der Waals surface area contributed by atoms with Gasteiger partial charge in [-0.3, -0.25) is 9.59 Å². The second kappa shape index (κ2) is 5.81. The van der Waals surface area contributed by atoms with Gasteiger partial charge in [-0.15, -0.1) is 6.58 Å². The topological polar surface area (TPSA) is 34.1 Å². The number of allylic oxidation sites excluding steroid dienone is 1. The molecular weight excluding hydrogens is 111 g/mol. The summed E-state index contributed by atoms with van der Waals surface area (Å²) in [5, 5.41) is 0. The van der Waals surface area contributed by atoms with E-state index in [1.54, 1.807) is 0 Å². The van der Waals surface area contributed by atoms with Crippen LogP contribution in [0.15, 0.2) is 12.7 Å². The largest absolute Gasteiger partial charge is 1.00 e. The van der Waals surface area contributed by atoms with Gasteiger partial charge in [0, 0.05) is 13.3 Å². The molecule has 0 saturated heterocycles. The van der Waals surface area contributed by atoms with Gasteiger partial charge in [-0.2, -0.15) is 0 Å². The second-order valence-corrected chi connectivity index (χ2v) is 1.47. The quantitative estimate of drug-likeness (QED) is 0.241. The molecule has 0 aromatic heterocycles. The van der Waals surface area contributed by atoms with Crippen molar-refractivity contribution in [2.24, 2.45) is 0 Å². The summed E-state index contributed by atoms with van der Waals surface area (Å²) in [6.07, 6.45) is 1.58. The fourth-order valence-corrected chi connectivity index (χ4v) is 0.275. The molecule has 0 heterocycles. The fraction of sp³-hybridized carbons (Fsp3) is 0.333. The molecule has 9 heavy (non-hydrogen) atoms. The van der Waals surface area contributed by atoms with Crippen LogP contribution in [-0.2, 0) is 9.59 Å². The van der Waals surface area contributed by atoms with Crippen molar-refractivity contribution in [3.05, 3.63) is 12.7 Å². The van der Waals surface area contributed by atoms with E-state index in [0.717, 1.165) is 0 Å². The van der Waals surface area contributed by atoms with Crippen LogP contribution < -0.4 is 18.9 Å². The summed E-state index contributed by atoms with van der Waals surface area (Å²) in [6.45, 7) is 4.57. The zero-order valence-corrected chi connectivity index (χ0v) is 5.81. The Kier molecular flexibility index (Phi) is 7.40. The van der Waals surface area contributed by atoms with Crippen LogP contribution in [0.2, 0.25) is 0 Å². The van der Waals surface area contributed by atoms with Gasteiger partial charge in [-0.1, -0.05) is 6.08 Å². The van der Waals surface area contributed by atoms with Gasteiger partial charge in [0.15, 0.2) is 5.78 Å². The Balaban J connectivity index is -0.000000245. The maximum absolute atomic E-state index is 10.3. The van der Waals surface area contributed by atoms with Gasteiger partial charge in [0.25, 0.3) is 0 Å². The Bertz CT molecular complexity index is 134. The van der Waals surface area contributed by atoms with Crippen molar-refractivity contribution < 1.29 is 29.9 Å². The average molecular weight is 120 g/mol. The average Bonchev–Trinajstić information content (AvgIpc) is 1.67. The second-order valence-electron chi connectivity index (χ2n) is 1.47. The molecule has 0 saturated carbocycles. The molecule has 0 aliphatic heterocycles. The first-order valence-corrected chi connectivity index (χ1v) is 2.33. The van der Waals surface area contributed by atoms with E-state index < -0.39 is 5.78 Å². The van der Waals surface area contributed by atoms with E-state index in [0.29, 0.717) is 0 Å². The Hall–Kier alpha value is -0.323. The number of hydrogen-bond donors (Lipinski definition) is 0. The SMILES string of the molecule is C=CCC(=O)C(C)=O.[H-].[Li+]. The monoisotopic (exact) mass is 120 g/mol. The first-order chi connectivity index (χ1) is 3.68. The van der Waals surface area contributed by atoms with E-state index in [-0.39, 0.29) is 32.5 Å². The van der Waals surface area contributed by atoms with Crippen molar-refractivity contribution in [1.29, 1.82) is 0 Å². The smallest absolute Gasteiger partial charge is 1.00 e. The molecule has 0 amide bonds. The van der Waals surface area contributed by atoms with Crippen LogP contribution in [0.1, 0.15) is 14.8 Å². The summed E-state index contributed by atoms with van der Waals surface area (Å²) >= 11 is 0. The summed E-state index contributed by atoms with van der Waals surface area (Å²) in [7, 11) is 0. The molecule has 0 bridgehead atoms. The van der Waals surface area contributed by atoms with E-state index in [1.807, 2.05) is 0 Å². The molecule has 0 rings (SSSR count). The maximum Gasteiger partial charge on any atom is 1.00 e. The van der Waals surface area contributed by atoms with Crippen molar-refractivity contribution in [3.8, 4) is 0 Å². The van der Waals surface area contributed by atoms with Crippen LogP contribution in [0.5, 0.6) is 0 Å². The maximum atomic E-state index is 10.3. The molecule has 0 spiro atoms. The van der Waals surface area contributed by atoms with Crippen molar-refractivity contribution in [2.75, 3.05) is 0 Å². The van der Waals surface area contributed by atoms with Crippen molar-refractivity contribution in [1.82, 2.24) is 0 Å². The van der Waals surface area contributed by atoms with E-state index in [4.69, 9.17) is 0 Å². The first kappa shape index (κ1) is 11.5. The summed E-state index contributed by atoms with van der Waals surface area (Å²) < 4.78 is 0. The third-order valence-electron chi connectivity index (χ3n) is 0.722. The molecule has 3 heteroatoms. The predicted octanol–water partition coefficient (Wildman–Crippen LogP) is -2.16. The Morgan fingerprint density at radius 2 is 2.11 bits per heavy atom. The molecular formula is C6H9LiO2. The standard InChI is InChI=1S/C6H8O2.Li.H/c1-3-4-6(8)5(2)7;;/h3H,1,4H2,2H3;;/q;+1;-1. The van der Waals surface area contributed by atoms with Crippen molar-refractivity contribution >= 4 is 11.6 Å². The third-order valence-corrected chi connectivity index (χ3v) is 0.722. The molecule has 0 aliphatic rings. The summed E-state index contributed by atoms with van der Waals surface area (Å²) in [5.41, 5.74) is 0. The summed E-state index contributed by atoms with van der Waals surface area (Å²) in [6, 6.07) is 0. The zero-order chi connectivity index (χ0) is 6.57. The number of rotatable bonds is 3. The minimum atomic E-state index is -0.398. The van der Waals surface area contributed by atoms with Gasteiger partial charge < -0.3 is 1.43 Å².